The van der Waals surface area contributed by atoms with E-state index in [-0.39, 0.29) is 6.09 Å². The number of carbonyl (C=O) groups is 1. The highest BCUT2D eigenvalue weighted by molar-refractivity contribution is 5.69. The van der Waals surface area contributed by atoms with Gasteiger partial charge in [0.15, 0.2) is 0 Å². The van der Waals surface area contributed by atoms with Crippen molar-refractivity contribution in [2.75, 3.05) is 51.4 Å². The summed E-state index contributed by atoms with van der Waals surface area (Å²) >= 11 is 0. The predicted molar refractivity (Wildman–Crippen MR) is 138 cm³/mol. The van der Waals surface area contributed by atoms with Crippen LogP contribution in [0.5, 0.6) is 5.75 Å². The lowest BCUT2D eigenvalue weighted by Crippen LogP contribution is -2.50. The summed E-state index contributed by atoms with van der Waals surface area (Å²) in [5.41, 5.74) is 2.78. The van der Waals surface area contributed by atoms with Crippen LogP contribution in [-0.2, 0) is 9.47 Å². The lowest BCUT2D eigenvalue weighted by atomic mass is 9.60. The maximum absolute atomic E-state index is 12.5. The van der Waals surface area contributed by atoms with E-state index in [0.717, 1.165) is 18.8 Å². The summed E-state index contributed by atoms with van der Waals surface area (Å²) in [6, 6.07) is 6.55. The van der Waals surface area contributed by atoms with Gasteiger partial charge in [-0.1, -0.05) is 27.7 Å². The standard InChI is InChI=1S/C28H46N2O4/c1-26(2,3)34-25(31)30-13-11-29(12-14-30)24-10-9-22(33-16-15-32-8)17-23(24)21-18-27(4,5)20-28(6,7)19-21/h9-10,17,21H,11-16,18-20H2,1-8H3. The predicted octanol–water partition coefficient (Wildman–Crippen LogP) is 6.09. The van der Waals surface area contributed by atoms with Gasteiger partial charge in [-0.2, -0.15) is 0 Å². The van der Waals surface area contributed by atoms with Gasteiger partial charge in [0, 0.05) is 39.0 Å². The highest BCUT2D eigenvalue weighted by Gasteiger charge is 2.40. The Bertz CT molecular complexity index is 819. The average molecular weight is 475 g/mol. The molecule has 0 bridgehead atoms. The fourth-order valence-corrected chi connectivity index (χ4v) is 6.00. The van der Waals surface area contributed by atoms with Gasteiger partial charge in [0.05, 0.1) is 6.61 Å². The van der Waals surface area contributed by atoms with E-state index < -0.39 is 5.60 Å². The molecule has 1 heterocycles. The molecular formula is C28H46N2O4. The molecule has 0 unspecified atom stereocenters. The van der Waals surface area contributed by atoms with Crippen molar-refractivity contribution < 1.29 is 19.0 Å². The lowest BCUT2D eigenvalue weighted by Gasteiger charge is -2.46. The first-order valence-corrected chi connectivity index (χ1v) is 12.8. The van der Waals surface area contributed by atoms with E-state index in [1.807, 2.05) is 25.7 Å². The zero-order chi connectivity index (χ0) is 25.1. The maximum atomic E-state index is 12.5. The molecule has 0 radical (unpaired) electrons. The molecule has 0 atom stereocenters. The van der Waals surface area contributed by atoms with E-state index in [4.69, 9.17) is 14.2 Å². The number of hydrogen-bond donors (Lipinski definition) is 0. The van der Waals surface area contributed by atoms with Crippen molar-refractivity contribution in [2.45, 2.75) is 79.2 Å². The van der Waals surface area contributed by atoms with E-state index in [9.17, 15) is 4.79 Å². The van der Waals surface area contributed by atoms with Gasteiger partial charge in [-0.25, -0.2) is 4.79 Å². The molecule has 1 aromatic carbocycles. The minimum atomic E-state index is -0.472. The molecule has 192 valence electrons. The summed E-state index contributed by atoms with van der Waals surface area (Å²) in [6.45, 7) is 19.4. The molecule has 0 aromatic heterocycles. The second-order valence-corrected chi connectivity index (χ2v) is 12.6. The molecule has 1 saturated carbocycles. The molecule has 0 spiro atoms. The van der Waals surface area contributed by atoms with Gasteiger partial charge >= 0.3 is 6.09 Å². The van der Waals surface area contributed by atoms with E-state index in [0.29, 0.717) is 43.1 Å². The van der Waals surface area contributed by atoms with Crippen molar-refractivity contribution in [3.05, 3.63) is 23.8 Å². The second-order valence-electron chi connectivity index (χ2n) is 12.6. The smallest absolute Gasteiger partial charge is 0.410 e. The topological polar surface area (TPSA) is 51.2 Å². The summed E-state index contributed by atoms with van der Waals surface area (Å²) in [7, 11) is 1.70. The van der Waals surface area contributed by atoms with Crippen LogP contribution < -0.4 is 9.64 Å². The second kappa shape index (κ2) is 10.3. The zero-order valence-electron chi connectivity index (χ0n) is 22.7. The minimum Gasteiger partial charge on any atom is -0.491 e. The Balaban J connectivity index is 1.82. The number of anilines is 1. The largest absolute Gasteiger partial charge is 0.491 e. The maximum Gasteiger partial charge on any atom is 0.410 e. The number of benzene rings is 1. The number of ether oxygens (including phenoxy) is 3. The van der Waals surface area contributed by atoms with Crippen molar-refractivity contribution in [1.29, 1.82) is 0 Å². The monoisotopic (exact) mass is 474 g/mol. The molecule has 6 nitrogen and oxygen atoms in total. The molecule has 2 aliphatic rings. The molecule has 34 heavy (non-hydrogen) atoms. The Labute approximate surface area is 206 Å². The van der Waals surface area contributed by atoms with Crippen molar-refractivity contribution >= 4 is 11.8 Å². The third-order valence-corrected chi connectivity index (χ3v) is 6.82. The van der Waals surface area contributed by atoms with Gasteiger partial charge in [0.1, 0.15) is 18.0 Å². The Morgan fingerprint density at radius 1 is 1.00 bits per heavy atom. The molecule has 1 saturated heterocycles. The number of methoxy groups -OCH3 is 1. The van der Waals surface area contributed by atoms with Crippen LogP contribution in [-0.4, -0.2) is 63.1 Å². The van der Waals surface area contributed by atoms with Crippen LogP contribution in [0.3, 0.4) is 0 Å². The van der Waals surface area contributed by atoms with Crippen LogP contribution in [0, 0.1) is 10.8 Å². The number of amides is 1. The molecule has 1 aliphatic heterocycles. The van der Waals surface area contributed by atoms with Gasteiger partial charge in [-0.3, -0.25) is 0 Å². The SMILES string of the molecule is COCCOc1ccc(N2CCN(C(=O)OC(C)(C)C)CC2)c(C2CC(C)(C)CC(C)(C)C2)c1. The molecule has 1 aliphatic carbocycles. The molecule has 6 heteroatoms. The van der Waals surface area contributed by atoms with Gasteiger partial charge < -0.3 is 24.0 Å². The summed E-state index contributed by atoms with van der Waals surface area (Å²) in [4.78, 5) is 16.8. The van der Waals surface area contributed by atoms with Crippen LogP contribution in [0.4, 0.5) is 10.5 Å². The van der Waals surface area contributed by atoms with Crippen LogP contribution in [0.2, 0.25) is 0 Å². The summed E-state index contributed by atoms with van der Waals surface area (Å²) in [5.74, 6) is 1.38. The highest BCUT2D eigenvalue weighted by Crippen LogP contribution is 2.53. The average Bonchev–Trinajstić information content (AvgIpc) is 2.70. The summed E-state index contributed by atoms with van der Waals surface area (Å²) < 4.78 is 16.8. The van der Waals surface area contributed by atoms with Gasteiger partial charge in [-0.05, 0) is 80.5 Å². The molecule has 0 N–H and O–H groups in total. The Hall–Kier alpha value is -1.95. The lowest BCUT2D eigenvalue weighted by molar-refractivity contribution is 0.0240. The summed E-state index contributed by atoms with van der Waals surface area (Å²) in [6.07, 6.45) is 3.36. The molecule has 1 amide bonds. The van der Waals surface area contributed by atoms with Crippen molar-refractivity contribution in [3.63, 3.8) is 0 Å². The number of nitrogens with zero attached hydrogens (tertiary/aromatic N) is 2. The number of rotatable bonds is 6. The molecule has 2 fully saturated rings. The number of hydrogen-bond acceptors (Lipinski definition) is 5. The highest BCUT2D eigenvalue weighted by atomic mass is 16.6. The Kier molecular flexibility index (Phi) is 8.11. The first kappa shape index (κ1) is 26.7. The normalized spacial score (nSPS) is 20.8. The first-order valence-electron chi connectivity index (χ1n) is 12.8. The van der Waals surface area contributed by atoms with Crippen molar-refractivity contribution in [3.8, 4) is 5.75 Å². The Morgan fingerprint density at radius 2 is 1.62 bits per heavy atom. The van der Waals surface area contributed by atoms with Gasteiger partial charge in [0.25, 0.3) is 0 Å². The van der Waals surface area contributed by atoms with Crippen LogP contribution in [0.15, 0.2) is 18.2 Å². The zero-order valence-corrected chi connectivity index (χ0v) is 22.7. The van der Waals surface area contributed by atoms with Crippen LogP contribution in [0.25, 0.3) is 0 Å². The van der Waals surface area contributed by atoms with Crippen LogP contribution >= 0.6 is 0 Å². The van der Waals surface area contributed by atoms with Crippen LogP contribution in [0.1, 0.15) is 79.2 Å². The molecule has 1 aromatic rings. The molecule has 3 rings (SSSR count). The van der Waals surface area contributed by atoms with Crippen molar-refractivity contribution in [2.24, 2.45) is 10.8 Å². The van der Waals surface area contributed by atoms with E-state index >= 15 is 0 Å². The van der Waals surface area contributed by atoms with Crippen molar-refractivity contribution in [1.82, 2.24) is 4.90 Å². The van der Waals surface area contributed by atoms with Gasteiger partial charge in [0.2, 0.25) is 0 Å². The van der Waals surface area contributed by atoms with E-state index in [2.05, 4.69) is 50.8 Å². The third kappa shape index (κ3) is 7.27. The number of carbonyl (C=O) groups excluding carboxylic acids is 1. The minimum absolute atomic E-state index is 0.218. The summed E-state index contributed by atoms with van der Waals surface area (Å²) in [5, 5.41) is 0. The van der Waals surface area contributed by atoms with Gasteiger partial charge in [-0.15, -0.1) is 0 Å². The van der Waals surface area contributed by atoms with E-state index in [1.54, 1.807) is 7.11 Å². The number of piperazine rings is 1. The fourth-order valence-electron chi connectivity index (χ4n) is 6.00. The first-order chi connectivity index (χ1) is 15.8. The fraction of sp³-hybridized carbons (Fsp3) is 0.750. The van der Waals surface area contributed by atoms with E-state index in [1.165, 1.54) is 30.5 Å². The third-order valence-electron chi connectivity index (χ3n) is 6.82. The quantitative estimate of drug-likeness (QED) is 0.467. The Morgan fingerprint density at radius 3 is 2.18 bits per heavy atom. The molecular weight excluding hydrogens is 428 g/mol.